The van der Waals surface area contributed by atoms with Crippen LogP contribution in [0.15, 0.2) is 22.6 Å². The number of hydrogen-bond donors (Lipinski definition) is 1. The molecule has 0 spiro atoms. The normalized spacial score (nSPS) is 12.2. The fourth-order valence-corrected chi connectivity index (χ4v) is 1.68. The molecule has 0 amide bonds. The summed E-state index contributed by atoms with van der Waals surface area (Å²) >= 11 is 0. The number of ether oxygens (including phenoxy) is 2. The summed E-state index contributed by atoms with van der Waals surface area (Å²) in [5, 5.41) is 7.62. The molecule has 0 bridgehead atoms. The smallest absolute Gasteiger partial charge is 0.253 e. The summed E-state index contributed by atoms with van der Waals surface area (Å²) in [5.74, 6) is 2.30. The molecule has 0 saturated carbocycles. The molecule has 19 heavy (non-hydrogen) atoms. The van der Waals surface area contributed by atoms with Gasteiger partial charge in [-0.05, 0) is 13.0 Å². The van der Waals surface area contributed by atoms with Crippen LogP contribution in [0.2, 0.25) is 0 Å². The summed E-state index contributed by atoms with van der Waals surface area (Å²) in [7, 11) is 1.60. The van der Waals surface area contributed by atoms with Crippen LogP contribution in [-0.4, -0.2) is 17.3 Å². The Hall–Kier alpha value is -2.08. The van der Waals surface area contributed by atoms with Crippen LogP contribution < -0.4 is 15.2 Å². The Morgan fingerprint density at radius 2 is 2.16 bits per heavy atom. The fraction of sp³-hybridized carbons (Fsp3) is 0.385. The lowest BCUT2D eigenvalue weighted by Gasteiger charge is -2.14. The molecule has 1 atom stereocenters. The molecule has 0 aliphatic heterocycles. The number of aryl methyl sites for hydroxylation is 1. The van der Waals surface area contributed by atoms with E-state index in [0.29, 0.717) is 23.3 Å². The van der Waals surface area contributed by atoms with E-state index >= 15 is 0 Å². The number of methoxy groups -OCH3 is 1. The third kappa shape index (κ3) is 3.23. The van der Waals surface area contributed by atoms with Gasteiger partial charge in [0.1, 0.15) is 11.5 Å². The molecular formula is C13H17N3O3. The monoisotopic (exact) mass is 263 g/mol. The SMILES string of the molecule is COc1ccc([C@H](C)N)c(OCc2nnc(C)o2)c1. The topological polar surface area (TPSA) is 83.4 Å². The van der Waals surface area contributed by atoms with E-state index in [1.165, 1.54) is 0 Å². The molecule has 102 valence electrons. The molecule has 0 unspecified atom stereocenters. The van der Waals surface area contributed by atoms with Crippen molar-refractivity contribution in [1.82, 2.24) is 10.2 Å². The number of benzene rings is 1. The zero-order valence-electron chi connectivity index (χ0n) is 11.2. The molecule has 2 N–H and O–H groups in total. The molecule has 1 aromatic carbocycles. The zero-order valence-corrected chi connectivity index (χ0v) is 11.2. The summed E-state index contributed by atoms with van der Waals surface area (Å²) in [6.07, 6.45) is 0. The van der Waals surface area contributed by atoms with E-state index in [1.807, 2.05) is 19.1 Å². The van der Waals surface area contributed by atoms with Crippen molar-refractivity contribution in [3.63, 3.8) is 0 Å². The Morgan fingerprint density at radius 3 is 2.74 bits per heavy atom. The van der Waals surface area contributed by atoms with E-state index in [0.717, 1.165) is 5.56 Å². The standard InChI is InChI=1S/C13H17N3O3/c1-8(14)11-5-4-10(17-3)6-12(11)18-7-13-16-15-9(2)19-13/h4-6,8H,7,14H2,1-3H3/t8-/m0/s1. The van der Waals surface area contributed by atoms with Gasteiger partial charge in [0.25, 0.3) is 5.89 Å². The van der Waals surface area contributed by atoms with Gasteiger partial charge < -0.3 is 19.6 Å². The van der Waals surface area contributed by atoms with Gasteiger partial charge in [0.2, 0.25) is 5.89 Å². The summed E-state index contributed by atoms with van der Waals surface area (Å²) in [5.41, 5.74) is 6.81. The van der Waals surface area contributed by atoms with Crippen LogP contribution in [0.3, 0.4) is 0 Å². The molecule has 0 radical (unpaired) electrons. The van der Waals surface area contributed by atoms with E-state index in [-0.39, 0.29) is 12.6 Å². The third-order valence-electron chi connectivity index (χ3n) is 2.63. The lowest BCUT2D eigenvalue weighted by Crippen LogP contribution is -2.08. The lowest BCUT2D eigenvalue weighted by atomic mass is 10.1. The van der Waals surface area contributed by atoms with Gasteiger partial charge >= 0.3 is 0 Å². The lowest BCUT2D eigenvalue weighted by molar-refractivity contribution is 0.256. The number of hydrogen-bond acceptors (Lipinski definition) is 6. The Labute approximate surface area is 111 Å². The summed E-state index contributed by atoms with van der Waals surface area (Å²) < 4.78 is 16.1. The highest BCUT2D eigenvalue weighted by Gasteiger charge is 2.11. The van der Waals surface area contributed by atoms with E-state index in [4.69, 9.17) is 19.6 Å². The molecular weight excluding hydrogens is 246 g/mol. The molecule has 0 aliphatic rings. The van der Waals surface area contributed by atoms with Crippen molar-refractivity contribution in [3.05, 3.63) is 35.5 Å². The third-order valence-corrected chi connectivity index (χ3v) is 2.63. The van der Waals surface area contributed by atoms with Crippen molar-refractivity contribution in [2.75, 3.05) is 7.11 Å². The first-order valence-electron chi connectivity index (χ1n) is 5.95. The highest BCUT2D eigenvalue weighted by molar-refractivity contribution is 5.42. The van der Waals surface area contributed by atoms with Gasteiger partial charge in [-0.1, -0.05) is 6.07 Å². The van der Waals surface area contributed by atoms with Crippen LogP contribution in [0.1, 0.15) is 30.3 Å². The first-order valence-corrected chi connectivity index (χ1v) is 5.95. The van der Waals surface area contributed by atoms with Crippen LogP contribution in [-0.2, 0) is 6.61 Å². The maximum absolute atomic E-state index is 5.91. The minimum atomic E-state index is -0.134. The zero-order chi connectivity index (χ0) is 13.8. The molecule has 1 heterocycles. The summed E-state index contributed by atoms with van der Waals surface area (Å²) in [4.78, 5) is 0. The Balaban J connectivity index is 2.17. The van der Waals surface area contributed by atoms with Gasteiger partial charge in [-0.25, -0.2) is 0 Å². The predicted molar refractivity (Wildman–Crippen MR) is 69.0 cm³/mol. The molecule has 0 aliphatic carbocycles. The number of rotatable bonds is 5. The number of nitrogens with zero attached hydrogens (tertiary/aromatic N) is 2. The fourth-order valence-electron chi connectivity index (χ4n) is 1.68. The molecule has 2 rings (SSSR count). The molecule has 0 fully saturated rings. The molecule has 6 nitrogen and oxygen atoms in total. The van der Waals surface area contributed by atoms with Crippen molar-refractivity contribution in [3.8, 4) is 11.5 Å². The quantitative estimate of drug-likeness (QED) is 0.888. The van der Waals surface area contributed by atoms with Crippen LogP contribution >= 0.6 is 0 Å². The second-order valence-corrected chi connectivity index (χ2v) is 4.20. The predicted octanol–water partition coefficient (Wildman–Crippen LogP) is 1.99. The molecule has 1 aromatic heterocycles. The van der Waals surface area contributed by atoms with E-state index < -0.39 is 0 Å². The van der Waals surface area contributed by atoms with Gasteiger partial charge in [0.05, 0.1) is 7.11 Å². The van der Waals surface area contributed by atoms with Gasteiger partial charge in [0.15, 0.2) is 6.61 Å². The molecule has 6 heteroatoms. The first kappa shape index (κ1) is 13.4. The first-order chi connectivity index (χ1) is 9.10. The van der Waals surface area contributed by atoms with Crippen LogP contribution in [0.5, 0.6) is 11.5 Å². The van der Waals surface area contributed by atoms with Crippen molar-refractivity contribution in [2.45, 2.75) is 26.5 Å². The minimum Gasteiger partial charge on any atom is -0.497 e. The average molecular weight is 263 g/mol. The summed E-state index contributed by atoms with van der Waals surface area (Å²) in [6.45, 7) is 3.83. The highest BCUT2D eigenvalue weighted by atomic mass is 16.5. The minimum absolute atomic E-state index is 0.134. The van der Waals surface area contributed by atoms with E-state index in [2.05, 4.69) is 10.2 Å². The Bertz CT molecular complexity index is 552. The second-order valence-electron chi connectivity index (χ2n) is 4.20. The van der Waals surface area contributed by atoms with Gasteiger partial charge in [-0.2, -0.15) is 0 Å². The van der Waals surface area contributed by atoms with E-state index in [1.54, 1.807) is 20.1 Å². The molecule has 0 saturated heterocycles. The second kappa shape index (κ2) is 5.71. The van der Waals surface area contributed by atoms with Crippen molar-refractivity contribution in [2.24, 2.45) is 5.73 Å². The van der Waals surface area contributed by atoms with Crippen molar-refractivity contribution < 1.29 is 13.9 Å². The maximum Gasteiger partial charge on any atom is 0.253 e. The van der Waals surface area contributed by atoms with Gasteiger partial charge in [-0.3, -0.25) is 0 Å². The summed E-state index contributed by atoms with van der Waals surface area (Å²) in [6, 6.07) is 5.40. The van der Waals surface area contributed by atoms with Crippen LogP contribution in [0.25, 0.3) is 0 Å². The number of aromatic nitrogens is 2. The maximum atomic E-state index is 5.91. The van der Waals surface area contributed by atoms with Gasteiger partial charge in [0, 0.05) is 24.6 Å². The van der Waals surface area contributed by atoms with E-state index in [9.17, 15) is 0 Å². The Morgan fingerprint density at radius 1 is 1.37 bits per heavy atom. The largest absolute Gasteiger partial charge is 0.497 e. The Kier molecular flexibility index (Phi) is 4.01. The van der Waals surface area contributed by atoms with Crippen LogP contribution in [0, 0.1) is 6.92 Å². The molecule has 2 aromatic rings. The van der Waals surface area contributed by atoms with Crippen molar-refractivity contribution >= 4 is 0 Å². The number of nitrogens with two attached hydrogens (primary N) is 1. The van der Waals surface area contributed by atoms with Crippen molar-refractivity contribution in [1.29, 1.82) is 0 Å². The van der Waals surface area contributed by atoms with Gasteiger partial charge in [-0.15, -0.1) is 10.2 Å². The average Bonchev–Trinajstić information content (AvgIpc) is 2.81. The highest BCUT2D eigenvalue weighted by Crippen LogP contribution is 2.29. The van der Waals surface area contributed by atoms with Crippen LogP contribution in [0.4, 0.5) is 0 Å².